The predicted molar refractivity (Wildman–Crippen MR) is 86.1 cm³/mol. The van der Waals surface area contributed by atoms with E-state index in [4.69, 9.17) is 4.98 Å². The molecule has 0 aliphatic heterocycles. The molecule has 0 radical (unpaired) electrons. The lowest BCUT2D eigenvalue weighted by Gasteiger charge is -2.19. The summed E-state index contributed by atoms with van der Waals surface area (Å²) in [4.78, 5) is 12.5. The number of hydrogen-bond donors (Lipinski definition) is 2. The van der Waals surface area contributed by atoms with Crippen LogP contribution in [-0.2, 0) is 6.42 Å². The van der Waals surface area contributed by atoms with Crippen molar-refractivity contribution in [1.82, 2.24) is 19.4 Å². The molecule has 0 bridgehead atoms. The first-order chi connectivity index (χ1) is 10.7. The molecule has 2 N–H and O–H groups in total. The fourth-order valence-corrected chi connectivity index (χ4v) is 3.69. The Hall–Kier alpha value is -1.88. The van der Waals surface area contributed by atoms with E-state index in [2.05, 4.69) is 20.6 Å². The van der Waals surface area contributed by atoms with Crippen molar-refractivity contribution in [3.8, 4) is 0 Å². The Morgan fingerprint density at radius 2 is 2.18 bits per heavy atom. The van der Waals surface area contributed by atoms with E-state index in [0.29, 0.717) is 12.3 Å². The first-order valence-electron chi connectivity index (χ1n) is 8.24. The second kappa shape index (κ2) is 5.39. The molecule has 5 heteroatoms. The maximum Gasteiger partial charge on any atom is 0.156 e. The molecule has 1 saturated carbocycles. The molecule has 0 aromatic carbocycles. The third kappa shape index (κ3) is 2.29. The second-order valence-electron chi connectivity index (χ2n) is 6.55. The number of nitrogens with zero attached hydrogens (tertiary/aromatic N) is 3. The van der Waals surface area contributed by atoms with E-state index in [-0.39, 0.29) is 6.10 Å². The molecule has 1 aliphatic rings. The molecule has 1 unspecified atom stereocenters. The Morgan fingerprint density at radius 3 is 2.95 bits per heavy atom. The van der Waals surface area contributed by atoms with E-state index in [0.717, 1.165) is 22.4 Å². The summed E-state index contributed by atoms with van der Waals surface area (Å²) in [5.41, 5.74) is 5.09. The van der Waals surface area contributed by atoms with Gasteiger partial charge in [-0.3, -0.25) is 4.40 Å². The van der Waals surface area contributed by atoms with Crippen LogP contribution in [0.1, 0.15) is 56.2 Å². The number of imidazole rings is 1. The molecule has 0 amide bonds. The van der Waals surface area contributed by atoms with E-state index in [1.54, 1.807) is 0 Å². The highest BCUT2D eigenvalue weighted by atomic mass is 16.3. The van der Waals surface area contributed by atoms with Gasteiger partial charge >= 0.3 is 0 Å². The van der Waals surface area contributed by atoms with Crippen LogP contribution in [-0.4, -0.2) is 30.6 Å². The average molecular weight is 298 g/mol. The molecule has 5 nitrogen and oxygen atoms in total. The van der Waals surface area contributed by atoms with Crippen molar-refractivity contribution < 1.29 is 5.11 Å². The molecule has 3 aromatic rings. The zero-order valence-corrected chi connectivity index (χ0v) is 12.9. The summed E-state index contributed by atoms with van der Waals surface area (Å²) in [6, 6.07) is 0. The van der Waals surface area contributed by atoms with Gasteiger partial charge in [0.15, 0.2) is 11.3 Å². The number of aromatic nitrogens is 4. The SMILES string of the molecule is CC(O)Cc1c[nH]c2ncc3nc(C4CCCCC4)cn3c12. The van der Waals surface area contributed by atoms with Crippen molar-refractivity contribution >= 4 is 16.8 Å². The van der Waals surface area contributed by atoms with Crippen LogP contribution in [0.25, 0.3) is 16.8 Å². The predicted octanol–water partition coefficient (Wildman–Crippen LogP) is 3.18. The minimum absolute atomic E-state index is 0.365. The van der Waals surface area contributed by atoms with Crippen molar-refractivity contribution in [2.24, 2.45) is 0 Å². The smallest absolute Gasteiger partial charge is 0.156 e. The van der Waals surface area contributed by atoms with E-state index < -0.39 is 0 Å². The van der Waals surface area contributed by atoms with Gasteiger partial charge in [-0.15, -0.1) is 0 Å². The lowest BCUT2D eigenvalue weighted by molar-refractivity contribution is 0.196. The van der Waals surface area contributed by atoms with Crippen LogP contribution in [0.4, 0.5) is 0 Å². The molecule has 1 atom stereocenters. The van der Waals surface area contributed by atoms with Gasteiger partial charge in [-0.25, -0.2) is 9.97 Å². The van der Waals surface area contributed by atoms with Crippen molar-refractivity contribution in [3.63, 3.8) is 0 Å². The summed E-state index contributed by atoms with van der Waals surface area (Å²) in [5.74, 6) is 0.586. The monoisotopic (exact) mass is 298 g/mol. The van der Waals surface area contributed by atoms with Gasteiger partial charge in [0.2, 0.25) is 0 Å². The number of fused-ring (bicyclic) bond motifs is 3. The number of aromatic amines is 1. The fourth-order valence-electron chi connectivity index (χ4n) is 3.69. The van der Waals surface area contributed by atoms with Gasteiger partial charge in [-0.2, -0.15) is 0 Å². The van der Waals surface area contributed by atoms with Crippen LogP contribution in [0.3, 0.4) is 0 Å². The number of hydrogen-bond acceptors (Lipinski definition) is 3. The minimum Gasteiger partial charge on any atom is -0.393 e. The highest BCUT2D eigenvalue weighted by molar-refractivity contribution is 5.78. The number of aliphatic hydroxyl groups is 1. The molecule has 1 aliphatic carbocycles. The quantitative estimate of drug-likeness (QED) is 0.780. The maximum absolute atomic E-state index is 9.71. The van der Waals surface area contributed by atoms with Crippen molar-refractivity contribution in [3.05, 3.63) is 29.8 Å². The Kier molecular flexibility index (Phi) is 3.37. The second-order valence-corrected chi connectivity index (χ2v) is 6.55. The molecule has 3 heterocycles. The zero-order valence-electron chi connectivity index (χ0n) is 12.9. The Bertz CT molecular complexity index is 796. The summed E-state index contributed by atoms with van der Waals surface area (Å²) in [6.07, 6.45) is 12.7. The van der Waals surface area contributed by atoms with E-state index in [9.17, 15) is 5.11 Å². The fraction of sp³-hybridized carbons (Fsp3) is 0.529. The first kappa shape index (κ1) is 13.8. The zero-order chi connectivity index (χ0) is 15.1. The van der Waals surface area contributed by atoms with Crippen molar-refractivity contribution in [2.75, 3.05) is 0 Å². The number of aliphatic hydroxyl groups excluding tert-OH is 1. The normalized spacial score (nSPS) is 18.3. The van der Waals surface area contributed by atoms with E-state index >= 15 is 0 Å². The van der Waals surface area contributed by atoms with Crippen LogP contribution >= 0.6 is 0 Å². The van der Waals surface area contributed by atoms with Crippen LogP contribution in [0.5, 0.6) is 0 Å². The van der Waals surface area contributed by atoms with Crippen molar-refractivity contribution in [2.45, 2.75) is 57.5 Å². The summed E-state index contributed by atoms with van der Waals surface area (Å²) in [7, 11) is 0. The molecule has 0 saturated heterocycles. The van der Waals surface area contributed by atoms with Gasteiger partial charge in [-0.05, 0) is 25.3 Å². The van der Waals surface area contributed by atoms with E-state index in [1.165, 1.54) is 37.8 Å². The van der Waals surface area contributed by atoms with Crippen LogP contribution < -0.4 is 0 Å². The Labute approximate surface area is 129 Å². The summed E-state index contributed by atoms with van der Waals surface area (Å²) < 4.78 is 2.14. The van der Waals surface area contributed by atoms with Crippen LogP contribution in [0.15, 0.2) is 18.6 Å². The third-order valence-corrected chi connectivity index (χ3v) is 4.75. The summed E-state index contributed by atoms with van der Waals surface area (Å²) >= 11 is 0. The Balaban J connectivity index is 1.83. The topological polar surface area (TPSA) is 66.2 Å². The lowest BCUT2D eigenvalue weighted by Crippen LogP contribution is -2.05. The molecular weight excluding hydrogens is 276 g/mol. The van der Waals surface area contributed by atoms with Crippen LogP contribution in [0, 0.1) is 0 Å². The van der Waals surface area contributed by atoms with Gasteiger partial charge in [0.25, 0.3) is 0 Å². The van der Waals surface area contributed by atoms with Gasteiger partial charge in [-0.1, -0.05) is 19.3 Å². The standard InChI is InChI=1S/C17H22N4O/c1-11(22)7-13-8-18-17-16(13)21-10-14(20-15(21)9-19-17)12-5-3-2-4-6-12/h8-12,18,22H,2-7H2,1H3. The van der Waals surface area contributed by atoms with Crippen LogP contribution in [0.2, 0.25) is 0 Å². The molecule has 1 fully saturated rings. The van der Waals surface area contributed by atoms with Crippen molar-refractivity contribution in [1.29, 1.82) is 0 Å². The van der Waals surface area contributed by atoms with E-state index in [1.807, 2.05) is 19.3 Å². The number of rotatable bonds is 3. The molecule has 22 heavy (non-hydrogen) atoms. The Morgan fingerprint density at radius 1 is 1.36 bits per heavy atom. The summed E-state index contributed by atoms with van der Waals surface area (Å²) in [6.45, 7) is 1.81. The minimum atomic E-state index is -0.365. The lowest BCUT2D eigenvalue weighted by atomic mass is 9.87. The van der Waals surface area contributed by atoms with Gasteiger partial charge in [0.1, 0.15) is 0 Å². The number of H-pyrrole nitrogens is 1. The molecular formula is C17H22N4O. The van der Waals surface area contributed by atoms with Gasteiger partial charge < -0.3 is 10.1 Å². The first-order valence-corrected chi connectivity index (χ1v) is 8.24. The molecule has 116 valence electrons. The third-order valence-electron chi connectivity index (χ3n) is 4.75. The maximum atomic E-state index is 9.71. The molecule has 3 aromatic heterocycles. The highest BCUT2D eigenvalue weighted by Gasteiger charge is 2.20. The summed E-state index contributed by atoms with van der Waals surface area (Å²) in [5, 5.41) is 9.71. The van der Waals surface area contributed by atoms with Gasteiger partial charge in [0, 0.05) is 24.7 Å². The molecule has 4 rings (SSSR count). The highest BCUT2D eigenvalue weighted by Crippen LogP contribution is 2.32. The molecule has 0 spiro atoms. The average Bonchev–Trinajstić information content (AvgIpc) is 3.11. The number of nitrogens with one attached hydrogen (secondary N) is 1. The largest absolute Gasteiger partial charge is 0.393 e. The van der Waals surface area contributed by atoms with Gasteiger partial charge in [0.05, 0.1) is 23.5 Å².